The molecule has 1 amide bonds. The summed E-state index contributed by atoms with van der Waals surface area (Å²) in [7, 11) is 2.99. The molecule has 6 heteroatoms. The number of aromatic nitrogens is 1. The van der Waals surface area contributed by atoms with Gasteiger partial charge >= 0.3 is 5.97 Å². The second-order valence-corrected chi connectivity index (χ2v) is 7.80. The maximum atomic E-state index is 13.0. The molecular formula is C22H23BrN2O3. The highest BCUT2D eigenvalue weighted by Gasteiger charge is 2.42. The zero-order valence-electron chi connectivity index (χ0n) is 16.2. The summed E-state index contributed by atoms with van der Waals surface area (Å²) in [5.74, 6) is -0.598. The van der Waals surface area contributed by atoms with Crippen molar-refractivity contribution in [3.05, 3.63) is 70.3 Å². The number of esters is 1. The molecule has 1 atom stereocenters. The van der Waals surface area contributed by atoms with E-state index in [1.54, 1.807) is 14.0 Å². The topological polar surface area (TPSA) is 62.4 Å². The zero-order chi connectivity index (χ0) is 20.3. The summed E-state index contributed by atoms with van der Waals surface area (Å²) in [6.07, 6.45) is 2.82. The van der Waals surface area contributed by atoms with Gasteiger partial charge in [0, 0.05) is 35.0 Å². The Hall–Kier alpha value is -2.60. The number of benzene rings is 2. The highest BCUT2D eigenvalue weighted by Crippen LogP contribution is 2.31. The van der Waals surface area contributed by atoms with Crippen LogP contribution >= 0.6 is 15.9 Å². The van der Waals surface area contributed by atoms with E-state index in [1.807, 2.05) is 54.7 Å². The molecule has 5 nitrogen and oxygen atoms in total. The number of aryl methyl sites for hydroxylation is 1. The first-order valence-corrected chi connectivity index (χ1v) is 9.83. The Morgan fingerprint density at radius 3 is 2.50 bits per heavy atom. The van der Waals surface area contributed by atoms with Gasteiger partial charge in [-0.25, -0.2) is 4.79 Å². The summed E-state index contributed by atoms with van der Waals surface area (Å²) < 4.78 is 5.93. The molecule has 3 rings (SSSR count). The van der Waals surface area contributed by atoms with Crippen LogP contribution in [-0.4, -0.2) is 35.9 Å². The molecule has 1 N–H and O–H groups in total. The molecule has 2 aromatic carbocycles. The number of nitrogens with zero attached hydrogens (tertiary/aromatic N) is 1. The number of amides is 1. The molecular weight excluding hydrogens is 420 g/mol. The van der Waals surface area contributed by atoms with Gasteiger partial charge in [0.05, 0.1) is 7.11 Å². The smallest absolute Gasteiger partial charge is 0.336 e. The Balaban J connectivity index is 1.82. The van der Waals surface area contributed by atoms with Gasteiger partial charge in [0.2, 0.25) is 5.91 Å². The fourth-order valence-electron chi connectivity index (χ4n) is 3.42. The third-order valence-corrected chi connectivity index (χ3v) is 5.85. The first-order chi connectivity index (χ1) is 13.4. The standard InChI is InChI=1S/C22H23BrN2O3/c1-22(21(27)28-3,16-9-11-17(23)12-10-16)25(2)20(26)13-8-15-14-24-19-7-5-4-6-18(15)19/h4-7,9-12,14,24H,8,13H2,1-3H3. The van der Waals surface area contributed by atoms with Crippen LogP contribution in [0.1, 0.15) is 24.5 Å². The lowest BCUT2D eigenvalue weighted by atomic mass is 9.90. The number of methoxy groups -OCH3 is 1. The van der Waals surface area contributed by atoms with E-state index >= 15 is 0 Å². The first kappa shape index (κ1) is 20.1. The molecule has 1 heterocycles. The van der Waals surface area contributed by atoms with Crippen LogP contribution in [0.25, 0.3) is 10.9 Å². The largest absolute Gasteiger partial charge is 0.467 e. The number of nitrogens with one attached hydrogen (secondary N) is 1. The van der Waals surface area contributed by atoms with Crippen molar-refractivity contribution in [3.63, 3.8) is 0 Å². The highest BCUT2D eigenvalue weighted by molar-refractivity contribution is 9.10. The van der Waals surface area contributed by atoms with Gasteiger partial charge in [0.25, 0.3) is 0 Å². The van der Waals surface area contributed by atoms with Crippen LogP contribution in [0.15, 0.2) is 59.2 Å². The van der Waals surface area contributed by atoms with E-state index in [0.717, 1.165) is 20.9 Å². The van der Waals surface area contributed by atoms with Gasteiger partial charge in [-0.1, -0.05) is 46.3 Å². The number of hydrogen-bond acceptors (Lipinski definition) is 3. The Bertz CT molecular complexity index is 996. The van der Waals surface area contributed by atoms with Gasteiger partial charge in [0.1, 0.15) is 0 Å². The van der Waals surface area contributed by atoms with Gasteiger partial charge in [-0.2, -0.15) is 0 Å². The van der Waals surface area contributed by atoms with E-state index in [4.69, 9.17) is 4.74 Å². The number of para-hydroxylation sites is 1. The molecule has 0 radical (unpaired) electrons. The summed E-state index contributed by atoms with van der Waals surface area (Å²) in [5.41, 5.74) is 1.63. The number of aromatic amines is 1. The molecule has 0 fully saturated rings. The summed E-state index contributed by atoms with van der Waals surface area (Å²) >= 11 is 3.40. The van der Waals surface area contributed by atoms with Crippen LogP contribution in [-0.2, 0) is 26.3 Å². The molecule has 0 bridgehead atoms. The molecule has 146 valence electrons. The van der Waals surface area contributed by atoms with Crippen molar-refractivity contribution >= 4 is 38.7 Å². The maximum Gasteiger partial charge on any atom is 0.336 e. The van der Waals surface area contributed by atoms with Gasteiger partial charge in [-0.05, 0) is 42.7 Å². The van der Waals surface area contributed by atoms with Crippen LogP contribution in [0.3, 0.4) is 0 Å². The lowest BCUT2D eigenvalue weighted by molar-refractivity contribution is -0.160. The summed E-state index contributed by atoms with van der Waals surface area (Å²) in [4.78, 5) is 30.3. The lowest BCUT2D eigenvalue weighted by Crippen LogP contribution is -2.51. The molecule has 0 spiro atoms. The molecule has 0 aliphatic carbocycles. The monoisotopic (exact) mass is 442 g/mol. The number of H-pyrrole nitrogens is 1. The molecule has 28 heavy (non-hydrogen) atoms. The lowest BCUT2D eigenvalue weighted by Gasteiger charge is -2.36. The summed E-state index contributed by atoms with van der Waals surface area (Å²) in [6.45, 7) is 1.71. The molecule has 1 aromatic heterocycles. The quantitative estimate of drug-likeness (QED) is 0.575. The van der Waals surface area contributed by atoms with Gasteiger partial charge in [0.15, 0.2) is 5.54 Å². The third kappa shape index (κ3) is 3.69. The van der Waals surface area contributed by atoms with E-state index in [1.165, 1.54) is 12.0 Å². The molecule has 0 saturated carbocycles. The van der Waals surface area contributed by atoms with Crippen molar-refractivity contribution < 1.29 is 14.3 Å². The molecule has 0 saturated heterocycles. The Labute approximate surface area is 172 Å². The van der Waals surface area contributed by atoms with Crippen molar-refractivity contribution in [2.45, 2.75) is 25.3 Å². The second-order valence-electron chi connectivity index (χ2n) is 6.88. The predicted octanol–water partition coefficient (Wildman–Crippen LogP) is 4.41. The maximum absolute atomic E-state index is 13.0. The van der Waals surface area contributed by atoms with Crippen molar-refractivity contribution in [1.82, 2.24) is 9.88 Å². The predicted molar refractivity (Wildman–Crippen MR) is 113 cm³/mol. The summed E-state index contributed by atoms with van der Waals surface area (Å²) in [5, 5.41) is 1.11. The number of carbonyl (C=O) groups is 2. The van der Waals surface area contributed by atoms with Crippen molar-refractivity contribution in [1.29, 1.82) is 0 Å². The average Bonchev–Trinajstić information content (AvgIpc) is 3.13. The minimum absolute atomic E-state index is 0.124. The number of rotatable bonds is 6. The fraction of sp³-hybridized carbons (Fsp3) is 0.273. The number of halogens is 1. The second kappa shape index (κ2) is 8.19. The number of hydrogen-bond donors (Lipinski definition) is 1. The number of likely N-dealkylation sites (N-methyl/N-ethyl adjacent to an activating group) is 1. The minimum Gasteiger partial charge on any atom is -0.467 e. The van der Waals surface area contributed by atoms with Gasteiger partial charge in [-0.3, -0.25) is 4.79 Å². The van der Waals surface area contributed by atoms with Crippen LogP contribution in [0, 0.1) is 0 Å². The Kier molecular flexibility index (Phi) is 5.89. The van der Waals surface area contributed by atoms with Crippen LogP contribution < -0.4 is 0 Å². The van der Waals surface area contributed by atoms with Crippen LogP contribution in [0.5, 0.6) is 0 Å². The molecule has 1 unspecified atom stereocenters. The normalized spacial score (nSPS) is 13.1. The SMILES string of the molecule is COC(=O)C(C)(c1ccc(Br)cc1)N(C)C(=O)CCc1c[nH]c2ccccc12. The van der Waals surface area contributed by atoms with Crippen molar-refractivity contribution in [2.24, 2.45) is 0 Å². The van der Waals surface area contributed by atoms with E-state index in [0.29, 0.717) is 18.4 Å². The number of ether oxygens (including phenoxy) is 1. The summed E-state index contributed by atoms with van der Waals surface area (Å²) in [6, 6.07) is 15.3. The van der Waals surface area contributed by atoms with E-state index < -0.39 is 11.5 Å². The van der Waals surface area contributed by atoms with Gasteiger partial charge < -0.3 is 14.6 Å². The highest BCUT2D eigenvalue weighted by atomic mass is 79.9. The van der Waals surface area contributed by atoms with E-state index in [9.17, 15) is 9.59 Å². The Morgan fingerprint density at radius 2 is 1.82 bits per heavy atom. The van der Waals surface area contributed by atoms with E-state index in [2.05, 4.69) is 20.9 Å². The van der Waals surface area contributed by atoms with Crippen molar-refractivity contribution in [2.75, 3.05) is 14.2 Å². The van der Waals surface area contributed by atoms with Crippen molar-refractivity contribution in [3.8, 4) is 0 Å². The average molecular weight is 443 g/mol. The van der Waals surface area contributed by atoms with Gasteiger partial charge in [-0.15, -0.1) is 0 Å². The number of carbonyl (C=O) groups excluding carboxylic acids is 2. The molecule has 3 aromatic rings. The van der Waals surface area contributed by atoms with Crippen LogP contribution in [0.2, 0.25) is 0 Å². The molecule has 0 aliphatic heterocycles. The molecule has 0 aliphatic rings. The zero-order valence-corrected chi connectivity index (χ0v) is 17.7. The Morgan fingerprint density at radius 1 is 1.14 bits per heavy atom. The third-order valence-electron chi connectivity index (χ3n) is 5.32. The van der Waals surface area contributed by atoms with Crippen LogP contribution in [0.4, 0.5) is 0 Å². The van der Waals surface area contributed by atoms with E-state index in [-0.39, 0.29) is 5.91 Å². The first-order valence-electron chi connectivity index (χ1n) is 9.04. The number of fused-ring (bicyclic) bond motifs is 1. The minimum atomic E-state index is -1.20. The fourth-order valence-corrected chi connectivity index (χ4v) is 3.68.